The fourth-order valence-corrected chi connectivity index (χ4v) is 2.80. The Kier molecular flexibility index (Phi) is 5.28. The SMILES string of the molecule is CCCc1cc(C(=O)N2CCO[C@H](c3ccnc(N(C)C)n3)C2)n[nH]1. The number of morpholine rings is 1. The molecule has 1 amide bonds. The smallest absolute Gasteiger partial charge is 0.274 e. The van der Waals surface area contributed by atoms with E-state index in [2.05, 4.69) is 27.1 Å². The molecule has 2 aromatic heterocycles. The molecular formula is C17H24N6O2. The molecule has 0 bridgehead atoms. The standard InChI is InChI=1S/C17H24N6O2/c1-4-5-12-10-14(21-20-12)16(24)23-8-9-25-15(11-23)13-6-7-18-17(19-13)22(2)3/h6-7,10,15H,4-5,8-9,11H2,1-3H3,(H,20,21)/t15-/m0/s1. The van der Waals surface area contributed by atoms with Crippen LogP contribution < -0.4 is 4.90 Å². The van der Waals surface area contributed by atoms with Gasteiger partial charge in [0.25, 0.3) is 5.91 Å². The monoisotopic (exact) mass is 344 g/mol. The summed E-state index contributed by atoms with van der Waals surface area (Å²) >= 11 is 0. The van der Waals surface area contributed by atoms with E-state index in [4.69, 9.17) is 4.74 Å². The number of anilines is 1. The molecule has 2 aromatic rings. The molecule has 134 valence electrons. The molecule has 1 atom stereocenters. The molecule has 25 heavy (non-hydrogen) atoms. The minimum atomic E-state index is -0.256. The lowest BCUT2D eigenvalue weighted by Gasteiger charge is -2.32. The lowest BCUT2D eigenvalue weighted by Crippen LogP contribution is -2.42. The fraction of sp³-hybridized carbons (Fsp3) is 0.529. The molecule has 8 heteroatoms. The summed E-state index contributed by atoms with van der Waals surface area (Å²) in [6.45, 7) is 3.58. The molecule has 0 saturated carbocycles. The summed E-state index contributed by atoms with van der Waals surface area (Å²) in [5, 5.41) is 7.09. The summed E-state index contributed by atoms with van der Waals surface area (Å²) in [6.07, 6.45) is 3.36. The van der Waals surface area contributed by atoms with Crippen LogP contribution in [0.4, 0.5) is 5.95 Å². The third-order valence-electron chi connectivity index (χ3n) is 4.12. The lowest BCUT2D eigenvalue weighted by atomic mass is 10.2. The molecule has 0 aromatic carbocycles. The Bertz CT molecular complexity index is 729. The summed E-state index contributed by atoms with van der Waals surface area (Å²) in [5.41, 5.74) is 2.23. The maximum atomic E-state index is 12.7. The largest absolute Gasteiger partial charge is 0.368 e. The predicted molar refractivity (Wildman–Crippen MR) is 93.5 cm³/mol. The topological polar surface area (TPSA) is 87.2 Å². The first-order chi connectivity index (χ1) is 12.1. The van der Waals surface area contributed by atoms with E-state index in [9.17, 15) is 4.79 Å². The third-order valence-corrected chi connectivity index (χ3v) is 4.12. The van der Waals surface area contributed by atoms with Crippen LogP contribution >= 0.6 is 0 Å². The Morgan fingerprint density at radius 1 is 1.48 bits per heavy atom. The number of nitrogens with one attached hydrogen (secondary N) is 1. The molecule has 1 fully saturated rings. The number of aromatic nitrogens is 4. The quantitative estimate of drug-likeness (QED) is 0.883. The second-order valence-electron chi connectivity index (χ2n) is 6.31. The molecule has 0 spiro atoms. The van der Waals surface area contributed by atoms with E-state index in [1.54, 1.807) is 11.1 Å². The molecule has 3 heterocycles. The zero-order valence-corrected chi connectivity index (χ0v) is 14.9. The lowest BCUT2D eigenvalue weighted by molar-refractivity contribution is -0.0249. The molecule has 0 aliphatic carbocycles. The van der Waals surface area contributed by atoms with Crippen LogP contribution in [0.15, 0.2) is 18.3 Å². The second-order valence-corrected chi connectivity index (χ2v) is 6.31. The molecule has 1 aliphatic heterocycles. The summed E-state index contributed by atoms with van der Waals surface area (Å²) in [4.78, 5) is 25.1. The molecule has 0 unspecified atom stereocenters. The zero-order chi connectivity index (χ0) is 17.8. The average Bonchev–Trinajstić information content (AvgIpc) is 3.10. The number of amides is 1. The van der Waals surface area contributed by atoms with Crippen molar-refractivity contribution in [1.82, 2.24) is 25.1 Å². The van der Waals surface area contributed by atoms with Crippen molar-refractivity contribution in [3.8, 4) is 0 Å². The van der Waals surface area contributed by atoms with Gasteiger partial charge in [-0.05, 0) is 18.6 Å². The van der Waals surface area contributed by atoms with E-state index in [0.717, 1.165) is 24.2 Å². The van der Waals surface area contributed by atoms with Gasteiger partial charge in [-0.3, -0.25) is 9.89 Å². The van der Waals surface area contributed by atoms with Crippen molar-refractivity contribution in [2.24, 2.45) is 0 Å². The molecule has 3 rings (SSSR count). The number of rotatable bonds is 5. The van der Waals surface area contributed by atoms with Gasteiger partial charge in [-0.1, -0.05) is 13.3 Å². The Hall–Kier alpha value is -2.48. The van der Waals surface area contributed by atoms with E-state index in [1.807, 2.05) is 31.1 Å². The van der Waals surface area contributed by atoms with Crippen LogP contribution in [0.1, 0.15) is 41.3 Å². The van der Waals surface area contributed by atoms with Crippen LogP contribution in [0.3, 0.4) is 0 Å². The molecular weight excluding hydrogens is 320 g/mol. The summed E-state index contributed by atoms with van der Waals surface area (Å²) in [7, 11) is 3.78. The van der Waals surface area contributed by atoms with Gasteiger partial charge in [-0.15, -0.1) is 0 Å². The van der Waals surface area contributed by atoms with Crippen LogP contribution in [-0.4, -0.2) is 64.8 Å². The Morgan fingerprint density at radius 3 is 3.08 bits per heavy atom. The number of H-pyrrole nitrogens is 1. The highest BCUT2D eigenvalue weighted by atomic mass is 16.5. The highest BCUT2D eigenvalue weighted by Crippen LogP contribution is 2.22. The maximum absolute atomic E-state index is 12.7. The van der Waals surface area contributed by atoms with Gasteiger partial charge < -0.3 is 14.5 Å². The van der Waals surface area contributed by atoms with Crippen LogP contribution in [0.25, 0.3) is 0 Å². The van der Waals surface area contributed by atoms with Gasteiger partial charge in [0.05, 0.1) is 18.8 Å². The first kappa shape index (κ1) is 17.3. The Morgan fingerprint density at radius 2 is 2.32 bits per heavy atom. The van der Waals surface area contributed by atoms with Crippen LogP contribution in [0, 0.1) is 0 Å². The van der Waals surface area contributed by atoms with Crippen molar-refractivity contribution in [2.45, 2.75) is 25.9 Å². The number of aromatic amines is 1. The zero-order valence-electron chi connectivity index (χ0n) is 14.9. The van der Waals surface area contributed by atoms with Crippen LogP contribution in [-0.2, 0) is 11.2 Å². The van der Waals surface area contributed by atoms with Crippen molar-refractivity contribution in [3.05, 3.63) is 35.4 Å². The van der Waals surface area contributed by atoms with E-state index in [0.29, 0.717) is 31.3 Å². The maximum Gasteiger partial charge on any atom is 0.274 e. The van der Waals surface area contributed by atoms with Gasteiger partial charge in [0, 0.05) is 32.5 Å². The number of ether oxygens (including phenoxy) is 1. The van der Waals surface area contributed by atoms with Crippen molar-refractivity contribution < 1.29 is 9.53 Å². The minimum absolute atomic E-state index is 0.0752. The summed E-state index contributed by atoms with van der Waals surface area (Å²) < 4.78 is 5.83. The number of aryl methyl sites for hydroxylation is 1. The van der Waals surface area contributed by atoms with E-state index >= 15 is 0 Å². The Labute approximate surface area is 147 Å². The number of hydrogen-bond donors (Lipinski definition) is 1. The first-order valence-electron chi connectivity index (χ1n) is 8.54. The van der Waals surface area contributed by atoms with Crippen molar-refractivity contribution >= 4 is 11.9 Å². The van der Waals surface area contributed by atoms with E-state index in [-0.39, 0.29) is 12.0 Å². The van der Waals surface area contributed by atoms with E-state index in [1.165, 1.54) is 0 Å². The fourth-order valence-electron chi connectivity index (χ4n) is 2.80. The number of hydrogen-bond acceptors (Lipinski definition) is 6. The van der Waals surface area contributed by atoms with Crippen molar-refractivity contribution in [2.75, 3.05) is 38.7 Å². The normalized spacial score (nSPS) is 17.6. The number of nitrogens with zero attached hydrogens (tertiary/aromatic N) is 5. The highest BCUT2D eigenvalue weighted by Gasteiger charge is 2.28. The van der Waals surface area contributed by atoms with Crippen LogP contribution in [0.5, 0.6) is 0 Å². The van der Waals surface area contributed by atoms with Crippen molar-refractivity contribution in [3.63, 3.8) is 0 Å². The van der Waals surface area contributed by atoms with Crippen molar-refractivity contribution in [1.29, 1.82) is 0 Å². The van der Waals surface area contributed by atoms with Gasteiger partial charge in [-0.25, -0.2) is 9.97 Å². The average molecular weight is 344 g/mol. The second kappa shape index (κ2) is 7.60. The van der Waals surface area contributed by atoms with E-state index < -0.39 is 0 Å². The molecule has 1 saturated heterocycles. The minimum Gasteiger partial charge on any atom is -0.368 e. The number of carbonyl (C=O) groups excluding carboxylic acids is 1. The third kappa shape index (κ3) is 3.96. The molecule has 1 N–H and O–H groups in total. The molecule has 8 nitrogen and oxygen atoms in total. The highest BCUT2D eigenvalue weighted by molar-refractivity contribution is 5.92. The first-order valence-corrected chi connectivity index (χ1v) is 8.54. The van der Waals surface area contributed by atoms with Gasteiger partial charge >= 0.3 is 0 Å². The number of carbonyl (C=O) groups is 1. The van der Waals surface area contributed by atoms with Gasteiger partial charge in [0.1, 0.15) is 11.8 Å². The summed E-state index contributed by atoms with van der Waals surface area (Å²) in [6, 6.07) is 3.67. The van der Waals surface area contributed by atoms with Crippen LogP contribution in [0.2, 0.25) is 0 Å². The van der Waals surface area contributed by atoms with Gasteiger partial charge in [0.2, 0.25) is 5.95 Å². The molecule has 0 radical (unpaired) electrons. The molecule has 1 aliphatic rings. The van der Waals surface area contributed by atoms with Gasteiger partial charge in [-0.2, -0.15) is 5.10 Å². The summed E-state index contributed by atoms with van der Waals surface area (Å²) in [5.74, 6) is 0.551. The predicted octanol–water partition coefficient (Wildman–Crippen LogP) is 1.43. The Balaban J connectivity index is 1.72. The van der Waals surface area contributed by atoms with Gasteiger partial charge in [0.15, 0.2) is 0 Å².